The average molecular weight is 1490 g/mol. The molecule has 13 aromatic rings. The van der Waals surface area contributed by atoms with Gasteiger partial charge < -0.3 is 29.2 Å². The van der Waals surface area contributed by atoms with Gasteiger partial charge in [0.2, 0.25) is 11.1 Å². The largest absolute Gasteiger partial charge is 0.486 e. The molecule has 16 rings (SSSR count). The minimum atomic E-state index is -0.509. The first kappa shape index (κ1) is 79.3. The van der Waals surface area contributed by atoms with Crippen molar-refractivity contribution in [3.63, 3.8) is 0 Å². The minimum absolute atomic E-state index is 0. The zero-order chi connectivity index (χ0) is 73.3. The highest BCUT2D eigenvalue weighted by molar-refractivity contribution is 6.66. The molecule has 0 unspecified atom stereocenters. The SMILES string of the molecule is C.C.C.C=CC(=O)Cl.C=CC(=O)N1CCC[C@H]1c1nc(-c2ccc(COc3ccccc3F)cc2)c2cnccn12.Fc1ccccc1OCc1ccc(-c2nc([C@@H]3CCCN3)n3ccncc23)cc1.O=C(OCc1ccccc1)N1CCC[C@H]1c1nc(-c2ccc(COc3ccccc3F)cc2)c2cnccn12. The van der Waals surface area contributed by atoms with Crippen molar-refractivity contribution in [3.8, 4) is 51.0 Å². The molecule has 19 nitrogen and oxygen atoms in total. The van der Waals surface area contributed by atoms with E-state index >= 15 is 0 Å². The van der Waals surface area contributed by atoms with E-state index in [9.17, 15) is 27.6 Å². The Morgan fingerprint density at radius 1 is 0.459 bits per heavy atom. The third-order valence-electron chi connectivity index (χ3n) is 18.3. The summed E-state index contributed by atoms with van der Waals surface area (Å²) in [4.78, 5) is 66.3. The fourth-order valence-electron chi connectivity index (χ4n) is 13.1. The molecule has 9 heterocycles. The van der Waals surface area contributed by atoms with Gasteiger partial charge in [-0.05, 0) is 127 Å². The van der Waals surface area contributed by atoms with Gasteiger partial charge in [-0.15, -0.1) is 0 Å². The molecule has 3 aliphatic heterocycles. The first-order valence-corrected chi connectivity index (χ1v) is 35.1. The second-order valence-electron chi connectivity index (χ2n) is 25.1. The predicted molar refractivity (Wildman–Crippen MR) is 418 cm³/mol. The van der Waals surface area contributed by atoms with Crippen LogP contribution in [0.3, 0.4) is 0 Å². The van der Waals surface area contributed by atoms with Crippen molar-refractivity contribution in [1.82, 2.24) is 58.2 Å². The fraction of sp³-hybridized carbons (Fsp3) is 0.221. The van der Waals surface area contributed by atoms with Crippen molar-refractivity contribution in [1.29, 1.82) is 0 Å². The van der Waals surface area contributed by atoms with Gasteiger partial charge in [-0.1, -0.05) is 175 Å². The van der Waals surface area contributed by atoms with E-state index in [1.54, 1.807) is 90.5 Å². The number of allylic oxidation sites excluding steroid dienone is 1. The van der Waals surface area contributed by atoms with E-state index in [0.29, 0.717) is 19.7 Å². The Labute approximate surface area is 637 Å². The Bertz CT molecular complexity index is 5210. The zero-order valence-corrected chi connectivity index (χ0v) is 58.5. The number of nitrogens with one attached hydrogen (secondary N) is 1. The van der Waals surface area contributed by atoms with Crippen molar-refractivity contribution in [3.05, 3.63) is 314 Å². The lowest BCUT2D eigenvalue weighted by molar-refractivity contribution is -0.127. The molecule has 7 aromatic carbocycles. The summed E-state index contributed by atoms with van der Waals surface area (Å²) in [5, 5.41) is 3.02. The minimum Gasteiger partial charge on any atom is -0.486 e. The molecule has 3 aliphatic rings. The summed E-state index contributed by atoms with van der Waals surface area (Å²) in [6.45, 7) is 10.1. The lowest BCUT2D eigenvalue weighted by Crippen LogP contribution is -2.32. The molecule has 6 aromatic heterocycles. The molecule has 0 saturated carbocycles. The first-order valence-electron chi connectivity index (χ1n) is 34.7. The normalized spacial score (nSPS) is 14.8. The molecule has 0 bridgehead atoms. The number of imidazole rings is 3. The molecule has 560 valence electrons. The lowest BCUT2D eigenvalue weighted by atomic mass is 10.1. The molecule has 3 fully saturated rings. The van der Waals surface area contributed by atoms with Crippen LogP contribution >= 0.6 is 11.6 Å². The van der Waals surface area contributed by atoms with Crippen LogP contribution in [0.15, 0.2) is 257 Å². The molecule has 0 aliphatic carbocycles. The molecule has 109 heavy (non-hydrogen) atoms. The van der Waals surface area contributed by atoms with Crippen LogP contribution in [0.2, 0.25) is 0 Å². The van der Waals surface area contributed by atoms with Gasteiger partial charge in [0.1, 0.15) is 43.9 Å². The summed E-state index contributed by atoms with van der Waals surface area (Å²) in [5.74, 6) is 2.15. The average Bonchev–Trinajstić information content (AvgIpc) is 1.62. The van der Waals surface area contributed by atoms with Gasteiger partial charge in [-0.3, -0.25) is 42.6 Å². The zero-order valence-electron chi connectivity index (χ0n) is 57.7. The Kier molecular flexibility index (Phi) is 27.5. The van der Waals surface area contributed by atoms with Crippen molar-refractivity contribution < 1.29 is 46.5 Å². The van der Waals surface area contributed by atoms with Gasteiger partial charge in [-0.2, -0.15) is 0 Å². The Hall–Kier alpha value is -12.3. The quantitative estimate of drug-likeness (QED) is 0.0592. The maximum absolute atomic E-state index is 13.9. The van der Waals surface area contributed by atoms with E-state index in [1.807, 2.05) is 142 Å². The number of carbonyl (C=O) groups is 3. The van der Waals surface area contributed by atoms with Crippen LogP contribution in [-0.2, 0) is 40.8 Å². The highest BCUT2D eigenvalue weighted by atomic mass is 35.5. The molecule has 3 saturated heterocycles. The van der Waals surface area contributed by atoms with Crippen molar-refractivity contribution in [2.24, 2.45) is 0 Å². The van der Waals surface area contributed by atoms with Crippen LogP contribution in [0.5, 0.6) is 17.2 Å². The summed E-state index contributed by atoms with van der Waals surface area (Å²) < 4.78 is 70.0. The number of rotatable bonds is 19. The number of halogens is 4. The van der Waals surface area contributed by atoms with Gasteiger partial charge in [0.05, 0.1) is 70.3 Å². The third-order valence-corrected chi connectivity index (χ3v) is 18.5. The number of benzene rings is 7. The second kappa shape index (κ2) is 37.8. The number of nitrogens with zero attached hydrogens (tertiary/aromatic N) is 11. The molecular formula is C86H86ClF3N12O7. The first-order chi connectivity index (χ1) is 51.9. The van der Waals surface area contributed by atoms with Gasteiger partial charge in [0.25, 0.3) is 0 Å². The second-order valence-corrected chi connectivity index (χ2v) is 25.5. The van der Waals surface area contributed by atoms with E-state index in [1.165, 1.54) is 24.3 Å². The van der Waals surface area contributed by atoms with Crippen LogP contribution in [0.4, 0.5) is 18.0 Å². The van der Waals surface area contributed by atoms with Gasteiger partial charge in [-0.25, -0.2) is 32.9 Å². The number of aromatic nitrogens is 9. The van der Waals surface area contributed by atoms with E-state index in [4.69, 9.17) is 45.5 Å². The highest BCUT2D eigenvalue weighted by Gasteiger charge is 2.36. The highest BCUT2D eigenvalue weighted by Crippen LogP contribution is 2.38. The Morgan fingerprint density at radius 3 is 1.21 bits per heavy atom. The molecule has 2 amide bonds. The number of hydrogen-bond donors (Lipinski definition) is 1. The molecular weight excluding hydrogens is 1410 g/mol. The number of amides is 2. The standard InChI is InChI=1S/C31H27FN4O3.C26H23FN4O2.C23H21FN4O.C3H3ClO.3CH4/c32-25-9-4-5-11-28(25)38-20-23-12-14-24(15-13-23)29-27-19-33-16-18-35(27)30(34-29)26-10-6-17-36(26)31(37)39-21-22-7-2-1-3-8-22;1-2-24(32)30-14-5-7-21(30)26-29-25(22-16-28-13-15-31(22)26)19-11-9-18(10-12-19)17-33-23-8-4-3-6-20(23)27;24-18-4-1-2-6-21(18)29-15-16-7-9-17(10-8-16)22-20-14-25-12-13-28(20)23(27-22)19-5-3-11-26-19;1-2-3(4)5;;;/h1-5,7-9,11-16,18-19,26H,6,10,17,20-21H2;2-4,6,8-13,15-16,21H,1,5,7,14,17H2;1-2,4,6-10,12-14,19,26H,3,5,11,15H2;2H,1H2;3*1H4/t26-;21-;19-;;;;/m000..../s1. The molecule has 3 atom stereocenters. The molecule has 23 heteroatoms. The fourth-order valence-corrected chi connectivity index (χ4v) is 13.1. The summed E-state index contributed by atoms with van der Waals surface area (Å²) in [6.07, 6.45) is 24.2. The predicted octanol–water partition coefficient (Wildman–Crippen LogP) is 18.9. The maximum atomic E-state index is 13.9. The van der Waals surface area contributed by atoms with Crippen LogP contribution in [0.25, 0.3) is 50.3 Å². The Balaban J connectivity index is 0.000000168. The van der Waals surface area contributed by atoms with E-state index in [-0.39, 0.29) is 107 Å². The van der Waals surface area contributed by atoms with Crippen LogP contribution in [0.1, 0.15) is 119 Å². The summed E-state index contributed by atoms with van der Waals surface area (Å²) in [6, 6.07) is 52.5. The van der Waals surface area contributed by atoms with E-state index in [0.717, 1.165) is 141 Å². The van der Waals surface area contributed by atoms with Gasteiger partial charge in [0, 0.05) is 67.0 Å². The Morgan fingerprint density at radius 2 is 0.826 bits per heavy atom. The third kappa shape index (κ3) is 18.9. The number of para-hydroxylation sites is 3. The van der Waals surface area contributed by atoms with Gasteiger partial charge >= 0.3 is 6.09 Å². The summed E-state index contributed by atoms with van der Waals surface area (Å²) >= 11 is 4.71. The van der Waals surface area contributed by atoms with Gasteiger partial charge in [0.15, 0.2) is 34.7 Å². The number of carbonyl (C=O) groups excluding carboxylic acids is 3. The van der Waals surface area contributed by atoms with Crippen LogP contribution in [-0.4, -0.2) is 89.8 Å². The maximum Gasteiger partial charge on any atom is 0.410 e. The van der Waals surface area contributed by atoms with Crippen molar-refractivity contribution in [2.75, 3.05) is 19.6 Å². The molecule has 1 N–H and O–H groups in total. The monoisotopic (exact) mass is 1490 g/mol. The summed E-state index contributed by atoms with van der Waals surface area (Å²) in [5.41, 5.74) is 11.8. The number of ether oxygens (including phenoxy) is 4. The number of fused-ring (bicyclic) bond motifs is 3. The molecule has 0 radical (unpaired) electrons. The molecule has 0 spiro atoms. The topological polar surface area (TPSA) is 197 Å². The van der Waals surface area contributed by atoms with Crippen molar-refractivity contribution in [2.45, 2.75) is 105 Å². The lowest BCUT2D eigenvalue weighted by Gasteiger charge is -2.23. The van der Waals surface area contributed by atoms with Crippen molar-refractivity contribution >= 4 is 45.4 Å². The number of likely N-dealkylation sites (tertiary alicyclic amines) is 2. The smallest absolute Gasteiger partial charge is 0.410 e. The van der Waals surface area contributed by atoms with E-state index < -0.39 is 5.24 Å². The summed E-state index contributed by atoms with van der Waals surface area (Å²) in [7, 11) is 0. The van der Waals surface area contributed by atoms with Crippen LogP contribution < -0.4 is 19.5 Å². The van der Waals surface area contributed by atoms with Crippen LogP contribution in [0, 0.1) is 17.5 Å². The number of hydrogen-bond acceptors (Lipinski definition) is 14. The van der Waals surface area contributed by atoms with E-state index in [2.05, 4.69) is 37.8 Å².